The van der Waals surface area contributed by atoms with Gasteiger partial charge in [-0.05, 0) is 42.8 Å². The number of esters is 1. The van der Waals surface area contributed by atoms with Gasteiger partial charge in [0.25, 0.3) is 5.91 Å². The third kappa shape index (κ3) is 5.82. The highest BCUT2D eigenvalue weighted by Crippen LogP contribution is 2.59. The zero-order valence-corrected chi connectivity index (χ0v) is 24.4. The first kappa shape index (κ1) is 29.5. The van der Waals surface area contributed by atoms with E-state index in [1.807, 2.05) is 23.1 Å². The van der Waals surface area contributed by atoms with Crippen LogP contribution in [0.3, 0.4) is 0 Å². The van der Waals surface area contributed by atoms with Gasteiger partial charge in [0, 0.05) is 41.0 Å². The second-order valence-electron chi connectivity index (χ2n) is 11.3. The summed E-state index contributed by atoms with van der Waals surface area (Å²) in [6, 6.07) is 10.8. The molecule has 40 heavy (non-hydrogen) atoms. The van der Waals surface area contributed by atoms with Gasteiger partial charge >= 0.3 is 5.97 Å². The predicted octanol–water partition coefficient (Wildman–Crippen LogP) is 6.44. The summed E-state index contributed by atoms with van der Waals surface area (Å²) in [6.45, 7) is 19.2. The van der Waals surface area contributed by atoms with E-state index in [9.17, 15) is 9.59 Å². The normalized spacial score (nSPS) is 20.0. The average Bonchev–Trinajstić information content (AvgIpc) is 3.20. The molecule has 0 saturated heterocycles. The molecule has 2 aromatic carbocycles. The first-order valence-corrected chi connectivity index (χ1v) is 13.9. The fraction of sp³-hybridized carbons (Fsp3) is 0.469. The average molecular weight is 563 g/mol. The van der Waals surface area contributed by atoms with Crippen LogP contribution in [0.1, 0.15) is 68.9 Å². The van der Waals surface area contributed by atoms with E-state index in [0.717, 1.165) is 11.1 Å². The second-order valence-corrected chi connectivity index (χ2v) is 11.7. The van der Waals surface area contributed by atoms with Crippen LogP contribution >= 0.6 is 11.6 Å². The molecular formula is C32H35ClN2O5. The molecule has 0 N–H and O–H groups in total. The van der Waals surface area contributed by atoms with Crippen molar-refractivity contribution in [3.05, 3.63) is 69.5 Å². The molecule has 1 aliphatic carbocycles. The van der Waals surface area contributed by atoms with E-state index in [1.165, 1.54) is 0 Å². The largest absolute Gasteiger partial charge is 0.489 e. The minimum Gasteiger partial charge on any atom is -0.489 e. The maximum atomic E-state index is 13.5. The number of carbonyl (C=O) groups excluding carboxylic acids is 2. The highest BCUT2D eigenvalue weighted by atomic mass is 35.5. The van der Waals surface area contributed by atoms with Crippen LogP contribution in [0.2, 0.25) is 5.02 Å². The molecule has 0 atom stereocenters. The molecule has 1 heterocycles. The fourth-order valence-electron chi connectivity index (χ4n) is 6.41. The van der Waals surface area contributed by atoms with Crippen molar-refractivity contribution >= 4 is 29.2 Å². The minimum atomic E-state index is -0.317. The number of ether oxygens (including phenoxy) is 3. The van der Waals surface area contributed by atoms with Gasteiger partial charge in [0.2, 0.25) is 5.69 Å². The Morgan fingerprint density at radius 1 is 1.15 bits per heavy atom. The van der Waals surface area contributed by atoms with Crippen molar-refractivity contribution in [1.82, 2.24) is 4.90 Å². The lowest BCUT2D eigenvalue weighted by Gasteiger charge is -2.65. The van der Waals surface area contributed by atoms with Crippen LogP contribution in [-0.2, 0) is 20.8 Å². The van der Waals surface area contributed by atoms with Gasteiger partial charge in [-0.3, -0.25) is 9.59 Å². The number of amides is 1. The number of rotatable bonds is 9. The van der Waals surface area contributed by atoms with Gasteiger partial charge in [0.15, 0.2) is 0 Å². The van der Waals surface area contributed by atoms with Crippen molar-refractivity contribution < 1.29 is 23.8 Å². The van der Waals surface area contributed by atoms with E-state index in [0.29, 0.717) is 54.8 Å². The SMILES string of the molecule is [C-]#[N+]c1ccc(OC2C(C)(C)C(N3Cc4cc(C#CCCOCCC(=O)OCC)ccc4C3=O)C2(C)C)cc1Cl. The van der Waals surface area contributed by atoms with Crippen molar-refractivity contribution in [2.75, 3.05) is 19.8 Å². The minimum absolute atomic E-state index is 0.0264. The Morgan fingerprint density at radius 2 is 1.90 bits per heavy atom. The van der Waals surface area contributed by atoms with Crippen molar-refractivity contribution in [3.8, 4) is 17.6 Å². The van der Waals surface area contributed by atoms with Crippen LogP contribution in [0.25, 0.3) is 4.85 Å². The number of carbonyl (C=O) groups is 2. The Labute approximate surface area is 241 Å². The molecular weight excluding hydrogens is 528 g/mol. The summed E-state index contributed by atoms with van der Waals surface area (Å²) < 4.78 is 16.7. The molecule has 1 saturated carbocycles. The van der Waals surface area contributed by atoms with Crippen LogP contribution in [0.5, 0.6) is 5.75 Å². The summed E-state index contributed by atoms with van der Waals surface area (Å²) in [6.07, 6.45) is 0.628. The van der Waals surface area contributed by atoms with Gasteiger partial charge in [-0.15, -0.1) is 0 Å². The lowest BCUT2D eigenvalue weighted by molar-refractivity contribution is -0.199. The van der Waals surface area contributed by atoms with Crippen LogP contribution in [0.15, 0.2) is 36.4 Å². The number of benzene rings is 2. The summed E-state index contributed by atoms with van der Waals surface area (Å²) in [5.41, 5.74) is 2.30. The Bertz CT molecular complexity index is 1380. The van der Waals surface area contributed by atoms with Gasteiger partial charge in [-0.1, -0.05) is 57.2 Å². The first-order chi connectivity index (χ1) is 19.0. The standard InChI is InChI=1S/C32H35ClN2O5/c1-7-39-27(36)15-17-38-16-9-8-10-21-11-13-24-22(18-21)20-35(28(24)37)29-31(2,3)30(32(29,4)5)40-23-12-14-26(34-6)25(33)19-23/h11-14,18-19,29-30H,7,9,15-17,20H2,1-5H3. The molecule has 1 fully saturated rings. The monoisotopic (exact) mass is 562 g/mol. The molecule has 8 heteroatoms. The maximum Gasteiger partial charge on any atom is 0.308 e. The lowest BCUT2D eigenvalue weighted by Crippen LogP contribution is -2.74. The molecule has 2 aromatic rings. The molecule has 0 radical (unpaired) electrons. The van der Waals surface area contributed by atoms with Crippen molar-refractivity contribution in [3.63, 3.8) is 0 Å². The number of hydrogen-bond acceptors (Lipinski definition) is 5. The summed E-state index contributed by atoms with van der Waals surface area (Å²) >= 11 is 6.23. The molecule has 2 aliphatic rings. The van der Waals surface area contributed by atoms with Crippen LogP contribution in [0.4, 0.5) is 5.69 Å². The molecule has 0 aromatic heterocycles. The summed E-state index contributed by atoms with van der Waals surface area (Å²) in [7, 11) is 0. The first-order valence-electron chi connectivity index (χ1n) is 13.5. The highest BCUT2D eigenvalue weighted by Gasteiger charge is 2.66. The van der Waals surface area contributed by atoms with Crippen molar-refractivity contribution in [1.29, 1.82) is 0 Å². The molecule has 7 nitrogen and oxygen atoms in total. The Hall–Kier alpha value is -3.52. The number of halogens is 1. The quantitative estimate of drug-likeness (QED) is 0.152. The molecule has 0 spiro atoms. The maximum absolute atomic E-state index is 13.5. The van der Waals surface area contributed by atoms with Crippen LogP contribution in [0, 0.1) is 29.2 Å². The lowest BCUT2D eigenvalue weighted by atomic mass is 9.49. The molecule has 4 rings (SSSR count). The molecule has 210 valence electrons. The number of nitrogens with zero attached hydrogens (tertiary/aromatic N) is 2. The third-order valence-electron chi connectivity index (χ3n) is 7.66. The van der Waals surface area contributed by atoms with E-state index in [2.05, 4.69) is 44.4 Å². The van der Waals surface area contributed by atoms with Crippen LogP contribution in [-0.4, -0.2) is 48.7 Å². The number of fused-ring (bicyclic) bond motifs is 1. The van der Waals surface area contributed by atoms with E-state index >= 15 is 0 Å². The zero-order chi connectivity index (χ0) is 29.1. The molecule has 0 bridgehead atoms. The highest BCUT2D eigenvalue weighted by molar-refractivity contribution is 6.33. The molecule has 1 amide bonds. The van der Waals surface area contributed by atoms with Gasteiger partial charge < -0.3 is 19.1 Å². The van der Waals surface area contributed by atoms with Gasteiger partial charge in [-0.25, -0.2) is 4.85 Å². The van der Waals surface area contributed by atoms with E-state index in [-0.39, 0.29) is 41.3 Å². The Balaban J connectivity index is 1.38. The fourth-order valence-corrected chi connectivity index (χ4v) is 6.62. The Morgan fingerprint density at radius 3 is 2.58 bits per heavy atom. The topological polar surface area (TPSA) is 69.4 Å². The van der Waals surface area contributed by atoms with E-state index in [4.69, 9.17) is 32.4 Å². The molecule has 1 aliphatic heterocycles. The van der Waals surface area contributed by atoms with E-state index < -0.39 is 0 Å². The van der Waals surface area contributed by atoms with Crippen molar-refractivity contribution in [2.45, 2.75) is 66.2 Å². The van der Waals surface area contributed by atoms with Crippen LogP contribution < -0.4 is 4.74 Å². The smallest absolute Gasteiger partial charge is 0.308 e. The predicted molar refractivity (Wildman–Crippen MR) is 153 cm³/mol. The summed E-state index contributed by atoms with van der Waals surface area (Å²) in [4.78, 5) is 30.2. The second kappa shape index (κ2) is 11.9. The number of hydrogen-bond donors (Lipinski definition) is 0. The molecule has 0 unspecified atom stereocenters. The summed E-state index contributed by atoms with van der Waals surface area (Å²) in [5.74, 6) is 6.65. The summed E-state index contributed by atoms with van der Waals surface area (Å²) in [5, 5.41) is 0.365. The van der Waals surface area contributed by atoms with Gasteiger partial charge in [-0.2, -0.15) is 0 Å². The van der Waals surface area contributed by atoms with Crippen molar-refractivity contribution in [2.24, 2.45) is 10.8 Å². The van der Waals surface area contributed by atoms with Gasteiger partial charge in [0.05, 0.1) is 37.8 Å². The zero-order valence-electron chi connectivity index (χ0n) is 23.7. The van der Waals surface area contributed by atoms with Gasteiger partial charge in [0.1, 0.15) is 11.9 Å². The Kier molecular flexibility index (Phi) is 8.78. The van der Waals surface area contributed by atoms with E-state index in [1.54, 1.807) is 25.1 Å². The third-order valence-corrected chi connectivity index (χ3v) is 7.97.